The number of nitrogens with one attached hydrogen (secondary N) is 1. The first-order chi connectivity index (χ1) is 9.67. The van der Waals surface area contributed by atoms with Crippen LogP contribution in [0.5, 0.6) is 5.88 Å². The maximum Gasteiger partial charge on any atom is 0.215 e. The zero-order valence-electron chi connectivity index (χ0n) is 10.7. The normalized spacial score (nSPS) is 10.9. The minimum absolute atomic E-state index is 0.582. The predicted octanol–water partition coefficient (Wildman–Crippen LogP) is 4.28. The van der Waals surface area contributed by atoms with E-state index < -0.39 is 0 Å². The molecule has 0 aliphatic carbocycles. The third-order valence-electron chi connectivity index (χ3n) is 2.80. The molecule has 0 bridgehead atoms. The lowest BCUT2D eigenvalue weighted by molar-refractivity contribution is 0.328. The number of ether oxygens (including phenoxy) is 1. The van der Waals surface area contributed by atoms with Gasteiger partial charge in [-0.2, -0.15) is 4.98 Å². The zero-order valence-corrected chi connectivity index (χ0v) is 13.6. The molecular formula is C14H11ClIN3O. The number of H-pyrrole nitrogens is 1. The van der Waals surface area contributed by atoms with Crippen LogP contribution in [0.1, 0.15) is 6.92 Å². The Labute approximate surface area is 134 Å². The van der Waals surface area contributed by atoms with Crippen molar-refractivity contribution in [2.45, 2.75) is 6.92 Å². The van der Waals surface area contributed by atoms with E-state index in [0.717, 1.165) is 20.5 Å². The first-order valence-electron chi connectivity index (χ1n) is 6.12. The summed E-state index contributed by atoms with van der Waals surface area (Å²) in [7, 11) is 0. The van der Waals surface area contributed by atoms with Crippen molar-refractivity contribution in [3.05, 3.63) is 38.9 Å². The van der Waals surface area contributed by atoms with Crippen molar-refractivity contribution in [3.8, 4) is 17.3 Å². The Balaban J connectivity index is 2.10. The summed E-state index contributed by atoms with van der Waals surface area (Å²) in [5, 5.41) is 0.684. The highest BCUT2D eigenvalue weighted by atomic mass is 127. The predicted molar refractivity (Wildman–Crippen MR) is 88.2 cm³/mol. The molecule has 3 rings (SSSR count). The van der Waals surface area contributed by atoms with E-state index in [0.29, 0.717) is 23.2 Å². The van der Waals surface area contributed by atoms with E-state index in [1.165, 1.54) is 0 Å². The second-order valence-electron chi connectivity index (χ2n) is 4.16. The second-order valence-corrected chi connectivity index (χ2v) is 5.76. The Hall–Kier alpha value is -1.34. The van der Waals surface area contributed by atoms with Crippen LogP contribution < -0.4 is 4.74 Å². The van der Waals surface area contributed by atoms with Crippen LogP contribution in [0.25, 0.3) is 22.6 Å². The molecule has 6 heteroatoms. The van der Waals surface area contributed by atoms with Gasteiger partial charge in [0.25, 0.3) is 0 Å². The Morgan fingerprint density at radius 1 is 1.25 bits per heavy atom. The maximum atomic E-state index is 6.05. The van der Waals surface area contributed by atoms with E-state index in [1.807, 2.05) is 37.3 Å². The van der Waals surface area contributed by atoms with E-state index in [-0.39, 0.29) is 0 Å². The average molecular weight is 400 g/mol. The fourth-order valence-corrected chi connectivity index (χ4v) is 2.67. The van der Waals surface area contributed by atoms with Gasteiger partial charge in [0, 0.05) is 20.2 Å². The number of nitrogens with zero attached hydrogens (tertiary/aromatic N) is 2. The van der Waals surface area contributed by atoms with Crippen LogP contribution in [0.15, 0.2) is 30.3 Å². The highest BCUT2D eigenvalue weighted by Gasteiger charge is 2.10. The average Bonchev–Trinajstić information content (AvgIpc) is 2.85. The molecule has 4 nitrogen and oxygen atoms in total. The molecule has 20 heavy (non-hydrogen) atoms. The smallest absolute Gasteiger partial charge is 0.215 e. The largest absolute Gasteiger partial charge is 0.478 e. The number of benzene rings is 1. The molecule has 2 heterocycles. The molecule has 0 aliphatic rings. The third-order valence-corrected chi connectivity index (χ3v) is 3.97. The van der Waals surface area contributed by atoms with Crippen molar-refractivity contribution in [3.63, 3.8) is 0 Å². The highest BCUT2D eigenvalue weighted by molar-refractivity contribution is 14.1. The van der Waals surface area contributed by atoms with Gasteiger partial charge in [-0.25, -0.2) is 4.98 Å². The van der Waals surface area contributed by atoms with Gasteiger partial charge in [-0.3, -0.25) is 0 Å². The standard InChI is InChI=1S/C14H11ClIN3O/c1-2-20-12-6-5-11-14(18-12)19-13(17-11)9-7-8(15)3-4-10(9)16/h3-7H,2H2,1H3,(H,17,18,19). The lowest BCUT2D eigenvalue weighted by Gasteiger charge is -2.00. The van der Waals surface area contributed by atoms with Crippen LogP contribution in [0, 0.1) is 3.57 Å². The van der Waals surface area contributed by atoms with Crippen molar-refractivity contribution in [1.82, 2.24) is 15.0 Å². The lowest BCUT2D eigenvalue weighted by Crippen LogP contribution is -1.93. The SMILES string of the molecule is CCOc1ccc2[nH]c(-c3cc(Cl)ccc3I)nc2n1. The van der Waals surface area contributed by atoms with Gasteiger partial charge in [-0.05, 0) is 53.8 Å². The molecule has 102 valence electrons. The summed E-state index contributed by atoms with van der Waals surface area (Å²) >= 11 is 8.31. The number of aromatic amines is 1. The highest BCUT2D eigenvalue weighted by Crippen LogP contribution is 2.28. The third kappa shape index (κ3) is 2.60. The molecule has 0 fully saturated rings. The van der Waals surface area contributed by atoms with E-state index >= 15 is 0 Å². The molecule has 0 spiro atoms. The van der Waals surface area contributed by atoms with Gasteiger partial charge in [0.1, 0.15) is 5.82 Å². The quantitative estimate of drug-likeness (QED) is 0.669. The summed E-state index contributed by atoms with van der Waals surface area (Å²) in [6.07, 6.45) is 0. The van der Waals surface area contributed by atoms with Crippen LogP contribution in [0.3, 0.4) is 0 Å². The fourth-order valence-electron chi connectivity index (χ4n) is 1.91. The summed E-state index contributed by atoms with van der Waals surface area (Å²) in [6, 6.07) is 9.47. The molecule has 0 saturated carbocycles. The van der Waals surface area contributed by atoms with Crippen LogP contribution in [-0.2, 0) is 0 Å². The molecule has 0 radical (unpaired) electrons. The number of hydrogen-bond donors (Lipinski definition) is 1. The molecule has 0 amide bonds. The Kier molecular flexibility index (Phi) is 3.80. The second kappa shape index (κ2) is 5.57. The first-order valence-corrected chi connectivity index (χ1v) is 7.58. The van der Waals surface area contributed by atoms with Crippen molar-refractivity contribution < 1.29 is 4.74 Å². The number of pyridine rings is 1. The summed E-state index contributed by atoms with van der Waals surface area (Å²) < 4.78 is 6.46. The topological polar surface area (TPSA) is 50.8 Å². The monoisotopic (exact) mass is 399 g/mol. The van der Waals surface area contributed by atoms with E-state index in [1.54, 1.807) is 0 Å². The van der Waals surface area contributed by atoms with E-state index in [9.17, 15) is 0 Å². The Bertz CT molecular complexity index is 772. The van der Waals surface area contributed by atoms with Crippen LogP contribution >= 0.6 is 34.2 Å². The molecule has 0 unspecified atom stereocenters. The molecule has 0 aliphatic heterocycles. The molecule has 0 saturated heterocycles. The summed E-state index contributed by atoms with van der Waals surface area (Å²) in [5.74, 6) is 1.34. The minimum atomic E-state index is 0.582. The molecule has 0 atom stereocenters. The summed E-state index contributed by atoms with van der Waals surface area (Å²) in [4.78, 5) is 12.1. The molecule has 1 aromatic carbocycles. The number of halogens is 2. The lowest BCUT2D eigenvalue weighted by atomic mass is 10.2. The Morgan fingerprint density at radius 2 is 2.10 bits per heavy atom. The van der Waals surface area contributed by atoms with Crippen molar-refractivity contribution in [1.29, 1.82) is 0 Å². The van der Waals surface area contributed by atoms with Gasteiger partial charge >= 0.3 is 0 Å². The number of imidazole rings is 1. The number of rotatable bonds is 3. The zero-order chi connectivity index (χ0) is 14.1. The fraction of sp³-hybridized carbons (Fsp3) is 0.143. The van der Waals surface area contributed by atoms with Crippen LogP contribution in [0.2, 0.25) is 5.02 Å². The van der Waals surface area contributed by atoms with Gasteiger partial charge in [0.15, 0.2) is 5.65 Å². The van der Waals surface area contributed by atoms with Gasteiger partial charge in [0.05, 0.1) is 12.1 Å². The van der Waals surface area contributed by atoms with Crippen LogP contribution in [-0.4, -0.2) is 21.6 Å². The Morgan fingerprint density at radius 3 is 2.90 bits per heavy atom. The van der Waals surface area contributed by atoms with Gasteiger partial charge < -0.3 is 9.72 Å². The molecule has 3 aromatic rings. The van der Waals surface area contributed by atoms with Crippen molar-refractivity contribution in [2.24, 2.45) is 0 Å². The van der Waals surface area contributed by atoms with Gasteiger partial charge in [-0.1, -0.05) is 11.6 Å². The van der Waals surface area contributed by atoms with E-state index in [4.69, 9.17) is 16.3 Å². The van der Waals surface area contributed by atoms with E-state index in [2.05, 4.69) is 37.5 Å². The summed E-state index contributed by atoms with van der Waals surface area (Å²) in [6.45, 7) is 2.51. The van der Waals surface area contributed by atoms with Crippen molar-refractivity contribution >= 4 is 45.4 Å². The van der Waals surface area contributed by atoms with Crippen molar-refractivity contribution in [2.75, 3.05) is 6.61 Å². The molecule has 1 N–H and O–H groups in total. The molecule has 2 aromatic heterocycles. The minimum Gasteiger partial charge on any atom is -0.478 e. The van der Waals surface area contributed by atoms with Gasteiger partial charge in [-0.15, -0.1) is 0 Å². The maximum absolute atomic E-state index is 6.05. The molecular weight excluding hydrogens is 389 g/mol. The number of aromatic nitrogens is 3. The summed E-state index contributed by atoms with van der Waals surface area (Å²) in [5.41, 5.74) is 2.48. The first kappa shape index (κ1) is 13.6. The van der Waals surface area contributed by atoms with Crippen LogP contribution in [0.4, 0.5) is 0 Å². The number of hydrogen-bond acceptors (Lipinski definition) is 3. The van der Waals surface area contributed by atoms with Gasteiger partial charge in [0.2, 0.25) is 5.88 Å². The number of fused-ring (bicyclic) bond motifs is 1.